The van der Waals surface area contributed by atoms with Gasteiger partial charge in [-0.3, -0.25) is 14.4 Å². The molecule has 0 saturated heterocycles. The van der Waals surface area contributed by atoms with Gasteiger partial charge in [-0.1, -0.05) is 48.0 Å². The Morgan fingerprint density at radius 3 is 1.27 bits per heavy atom. The molecule has 33 heavy (non-hydrogen) atoms. The van der Waals surface area contributed by atoms with Crippen LogP contribution in [0, 0.1) is 35.5 Å². The van der Waals surface area contributed by atoms with Crippen LogP contribution in [0.5, 0.6) is 0 Å². The van der Waals surface area contributed by atoms with Crippen LogP contribution in [-0.2, 0) is 28.6 Å². The topological polar surface area (TPSA) is 78.9 Å². The Morgan fingerprint density at radius 2 is 0.939 bits per heavy atom. The molecule has 0 N–H and O–H groups in total. The molecule has 0 spiro atoms. The van der Waals surface area contributed by atoms with Crippen molar-refractivity contribution in [1.29, 1.82) is 0 Å². The van der Waals surface area contributed by atoms with Crippen molar-refractivity contribution in [2.75, 3.05) is 19.8 Å². The molecule has 0 aliphatic heterocycles. The predicted octanol–water partition coefficient (Wildman–Crippen LogP) is 5.96. The Balaban J connectivity index is 2.81. The minimum Gasteiger partial charge on any atom is -0.465 e. The van der Waals surface area contributed by atoms with Gasteiger partial charge in [0.05, 0.1) is 37.6 Å². The lowest BCUT2D eigenvalue weighted by molar-refractivity contribution is -0.172. The first-order valence-corrected chi connectivity index (χ1v) is 13.1. The minimum atomic E-state index is -0.826. The molecule has 2 atom stereocenters. The van der Waals surface area contributed by atoms with Gasteiger partial charge in [0.2, 0.25) is 0 Å². The van der Waals surface area contributed by atoms with Crippen molar-refractivity contribution in [2.24, 2.45) is 35.5 Å². The van der Waals surface area contributed by atoms with E-state index >= 15 is 0 Å². The summed E-state index contributed by atoms with van der Waals surface area (Å²) >= 11 is 0. The van der Waals surface area contributed by atoms with Crippen LogP contribution in [0.4, 0.5) is 0 Å². The molecule has 0 bridgehead atoms. The lowest BCUT2D eigenvalue weighted by Crippen LogP contribution is -2.44. The molecule has 0 radical (unpaired) electrons. The number of ether oxygens (including phenoxy) is 3. The van der Waals surface area contributed by atoms with Crippen molar-refractivity contribution >= 4 is 17.9 Å². The fourth-order valence-corrected chi connectivity index (χ4v) is 4.36. The lowest BCUT2D eigenvalue weighted by Gasteiger charge is -2.34. The summed E-state index contributed by atoms with van der Waals surface area (Å²) < 4.78 is 16.6. The van der Waals surface area contributed by atoms with Gasteiger partial charge in [-0.2, -0.15) is 0 Å². The molecule has 0 aromatic carbocycles. The number of carbonyl (C=O) groups excluding carboxylic acids is 3. The molecule has 192 valence electrons. The van der Waals surface area contributed by atoms with Crippen molar-refractivity contribution in [3.05, 3.63) is 0 Å². The fraction of sp³-hybridized carbons (Fsp3) is 0.889. The highest BCUT2D eigenvalue weighted by atomic mass is 16.5. The summed E-state index contributed by atoms with van der Waals surface area (Å²) in [5.74, 6) is -1.75. The van der Waals surface area contributed by atoms with E-state index < -0.39 is 23.7 Å². The van der Waals surface area contributed by atoms with Gasteiger partial charge in [0.15, 0.2) is 0 Å². The molecular weight excluding hydrogens is 420 g/mol. The predicted molar refractivity (Wildman–Crippen MR) is 129 cm³/mol. The highest BCUT2D eigenvalue weighted by Gasteiger charge is 2.47. The lowest BCUT2D eigenvalue weighted by atomic mass is 9.72. The maximum atomic E-state index is 13.1. The van der Waals surface area contributed by atoms with Crippen LogP contribution < -0.4 is 0 Å². The van der Waals surface area contributed by atoms with Crippen LogP contribution in [-0.4, -0.2) is 37.7 Å². The molecule has 1 aliphatic carbocycles. The summed E-state index contributed by atoms with van der Waals surface area (Å²) in [6, 6.07) is 0. The normalized spacial score (nSPS) is 20.8. The van der Waals surface area contributed by atoms with Gasteiger partial charge in [-0.05, 0) is 69.1 Å². The maximum absolute atomic E-state index is 13.1. The second-order valence-electron chi connectivity index (χ2n) is 10.8. The molecule has 1 aliphatic rings. The van der Waals surface area contributed by atoms with E-state index in [9.17, 15) is 14.4 Å². The van der Waals surface area contributed by atoms with Crippen molar-refractivity contribution in [3.63, 3.8) is 0 Å². The molecule has 0 amide bonds. The summed E-state index contributed by atoms with van der Waals surface area (Å²) in [6.07, 6.45) is 7.02. The Labute approximate surface area is 201 Å². The third-order valence-corrected chi connectivity index (χ3v) is 6.29. The Kier molecular flexibility index (Phi) is 14.4. The molecule has 6 nitrogen and oxygen atoms in total. The van der Waals surface area contributed by atoms with Crippen LogP contribution in [0.1, 0.15) is 99.3 Å². The molecular formula is C27H48O6. The summed E-state index contributed by atoms with van der Waals surface area (Å²) in [7, 11) is 0. The van der Waals surface area contributed by atoms with Crippen LogP contribution in [0.15, 0.2) is 0 Å². The summed E-state index contributed by atoms with van der Waals surface area (Å²) in [6.45, 7) is 13.8. The number of hydrogen-bond donors (Lipinski definition) is 0. The minimum absolute atomic E-state index is 0.305. The summed E-state index contributed by atoms with van der Waals surface area (Å²) in [4.78, 5) is 38.9. The number of hydrogen-bond acceptors (Lipinski definition) is 6. The SMILES string of the molecule is CC(C)CCCOC(=O)C1CCCC(C(=O)OCCCC(C)C)C1C(=O)OCCCC(C)C. The first kappa shape index (κ1) is 29.4. The third kappa shape index (κ3) is 11.9. The molecule has 1 rings (SSSR count). The standard InChI is InChI=1S/C27H48O6/c1-19(2)11-8-16-31-25(28)22-14-7-15-23(26(29)32-17-9-12-20(3)4)24(22)27(30)33-18-10-13-21(5)6/h19-24H,7-18H2,1-6H3. The third-order valence-electron chi connectivity index (χ3n) is 6.29. The molecule has 2 unspecified atom stereocenters. The molecule has 0 heterocycles. The van der Waals surface area contributed by atoms with Gasteiger partial charge in [0.25, 0.3) is 0 Å². The number of carbonyl (C=O) groups is 3. The first-order valence-electron chi connectivity index (χ1n) is 13.1. The van der Waals surface area contributed by atoms with E-state index in [1.165, 1.54) is 0 Å². The van der Waals surface area contributed by atoms with Crippen molar-refractivity contribution < 1.29 is 28.6 Å². The van der Waals surface area contributed by atoms with Crippen LogP contribution in [0.2, 0.25) is 0 Å². The Morgan fingerprint density at radius 1 is 0.606 bits per heavy atom. The van der Waals surface area contributed by atoms with Gasteiger partial charge >= 0.3 is 17.9 Å². The van der Waals surface area contributed by atoms with Crippen LogP contribution >= 0.6 is 0 Å². The van der Waals surface area contributed by atoms with Gasteiger partial charge in [0.1, 0.15) is 0 Å². The van der Waals surface area contributed by atoms with Gasteiger partial charge < -0.3 is 14.2 Å². The van der Waals surface area contributed by atoms with E-state index in [-0.39, 0.29) is 11.9 Å². The largest absolute Gasteiger partial charge is 0.465 e. The van der Waals surface area contributed by atoms with Crippen LogP contribution in [0.3, 0.4) is 0 Å². The number of esters is 3. The molecule has 1 fully saturated rings. The molecule has 1 saturated carbocycles. The van der Waals surface area contributed by atoms with E-state index in [2.05, 4.69) is 41.5 Å². The second-order valence-corrected chi connectivity index (χ2v) is 10.8. The first-order chi connectivity index (χ1) is 15.6. The van der Waals surface area contributed by atoms with Crippen molar-refractivity contribution in [3.8, 4) is 0 Å². The van der Waals surface area contributed by atoms with Crippen LogP contribution in [0.25, 0.3) is 0 Å². The zero-order valence-electron chi connectivity index (χ0n) is 21.9. The molecule has 6 heteroatoms. The fourth-order valence-electron chi connectivity index (χ4n) is 4.36. The van der Waals surface area contributed by atoms with Gasteiger partial charge in [-0.25, -0.2) is 0 Å². The van der Waals surface area contributed by atoms with Crippen molar-refractivity contribution in [1.82, 2.24) is 0 Å². The Bertz CT molecular complexity index is 547. The van der Waals surface area contributed by atoms with Crippen molar-refractivity contribution in [2.45, 2.75) is 99.3 Å². The average Bonchev–Trinajstić information content (AvgIpc) is 2.75. The highest BCUT2D eigenvalue weighted by Crippen LogP contribution is 2.38. The average molecular weight is 469 g/mol. The monoisotopic (exact) mass is 468 g/mol. The summed E-state index contributed by atoms with van der Waals surface area (Å²) in [5, 5.41) is 0. The van der Waals surface area contributed by atoms with E-state index in [0.29, 0.717) is 56.8 Å². The number of rotatable bonds is 15. The van der Waals surface area contributed by atoms with E-state index in [0.717, 1.165) is 38.5 Å². The highest BCUT2D eigenvalue weighted by molar-refractivity contribution is 5.87. The van der Waals surface area contributed by atoms with Gasteiger partial charge in [0, 0.05) is 0 Å². The Hall–Kier alpha value is -1.59. The smallest absolute Gasteiger partial charge is 0.310 e. The quantitative estimate of drug-likeness (QED) is 0.168. The molecule has 0 aromatic heterocycles. The zero-order chi connectivity index (χ0) is 24.8. The maximum Gasteiger partial charge on any atom is 0.310 e. The summed E-state index contributed by atoms with van der Waals surface area (Å²) in [5.41, 5.74) is 0. The zero-order valence-corrected chi connectivity index (χ0v) is 21.9. The molecule has 0 aromatic rings. The van der Waals surface area contributed by atoms with E-state index in [1.807, 2.05) is 0 Å². The van der Waals surface area contributed by atoms with E-state index in [1.54, 1.807) is 0 Å². The van der Waals surface area contributed by atoms with E-state index in [4.69, 9.17) is 14.2 Å². The second kappa shape index (κ2) is 16.1. The van der Waals surface area contributed by atoms with Gasteiger partial charge in [-0.15, -0.1) is 0 Å².